The highest BCUT2D eigenvalue weighted by Gasteiger charge is 2.23. The lowest BCUT2D eigenvalue weighted by atomic mass is 10.0. The third-order valence-electron chi connectivity index (χ3n) is 4.83. The summed E-state index contributed by atoms with van der Waals surface area (Å²) in [6.07, 6.45) is 8.32. The number of rotatable bonds is 9. The highest BCUT2D eigenvalue weighted by molar-refractivity contribution is 5.73. The molecular formula is C18H28N4O2. The number of ether oxygens (including phenoxy) is 1. The average Bonchev–Trinajstić information content (AvgIpc) is 2.94. The molecule has 0 amide bonds. The molecule has 3 N–H and O–H groups in total. The Balaban J connectivity index is 1.47. The van der Waals surface area contributed by atoms with Crippen LogP contribution in [0.1, 0.15) is 42.8 Å². The standard InChI is InChI=1S/C18H28N4O2/c1-24-10-8-16-20-17-13(6-7-15(17)18(19)21-16)5-3-2-4-9-22-11-14(23)12-22/h6,14,23H,2-5,7-12H2,1H3,(H2,19,20,21). The minimum absolute atomic E-state index is 0.0948. The van der Waals surface area contributed by atoms with Gasteiger partial charge in [-0.05, 0) is 37.8 Å². The van der Waals surface area contributed by atoms with Gasteiger partial charge in [-0.25, -0.2) is 9.97 Å². The number of β-amino-alcohol motifs (C(OH)–C–C–N with tert-alkyl or cyclic N) is 1. The van der Waals surface area contributed by atoms with Crippen molar-refractivity contribution in [1.82, 2.24) is 14.9 Å². The SMILES string of the molecule is COCCc1nc(N)c2c(n1)C(CCCCCN1CC(O)C1)=CC2. The van der Waals surface area contributed by atoms with E-state index in [1.165, 1.54) is 24.8 Å². The van der Waals surface area contributed by atoms with Crippen molar-refractivity contribution in [3.05, 3.63) is 23.2 Å². The maximum absolute atomic E-state index is 9.28. The molecule has 132 valence electrons. The van der Waals surface area contributed by atoms with E-state index in [2.05, 4.69) is 16.0 Å². The number of aliphatic hydroxyl groups excluding tert-OH is 1. The van der Waals surface area contributed by atoms with Crippen LogP contribution >= 0.6 is 0 Å². The van der Waals surface area contributed by atoms with Crippen LogP contribution in [0.4, 0.5) is 5.82 Å². The van der Waals surface area contributed by atoms with E-state index < -0.39 is 0 Å². The Morgan fingerprint density at radius 2 is 2.08 bits per heavy atom. The predicted octanol–water partition coefficient (Wildman–Crippen LogP) is 1.42. The zero-order valence-electron chi connectivity index (χ0n) is 14.5. The van der Waals surface area contributed by atoms with Crippen molar-refractivity contribution in [1.29, 1.82) is 0 Å². The van der Waals surface area contributed by atoms with Crippen LogP contribution in [0.5, 0.6) is 0 Å². The normalized spacial score (nSPS) is 17.7. The summed E-state index contributed by atoms with van der Waals surface area (Å²) in [6.45, 7) is 3.41. The summed E-state index contributed by atoms with van der Waals surface area (Å²) in [6, 6.07) is 0. The van der Waals surface area contributed by atoms with E-state index in [0.29, 0.717) is 18.8 Å². The Bertz CT molecular complexity index is 597. The molecule has 1 aliphatic carbocycles. The first-order chi connectivity index (χ1) is 11.7. The molecule has 2 heterocycles. The Morgan fingerprint density at radius 3 is 2.83 bits per heavy atom. The quantitative estimate of drug-likeness (QED) is 0.666. The number of likely N-dealkylation sites (tertiary alicyclic amines) is 1. The number of nitrogens with two attached hydrogens (primary N) is 1. The molecule has 0 atom stereocenters. The third kappa shape index (κ3) is 4.12. The van der Waals surface area contributed by atoms with Gasteiger partial charge in [-0.1, -0.05) is 12.5 Å². The first kappa shape index (κ1) is 17.3. The molecule has 0 aromatic carbocycles. The smallest absolute Gasteiger partial charge is 0.133 e. The average molecular weight is 332 g/mol. The van der Waals surface area contributed by atoms with Gasteiger partial charge < -0.3 is 15.6 Å². The molecule has 1 fully saturated rings. The third-order valence-corrected chi connectivity index (χ3v) is 4.83. The fourth-order valence-electron chi connectivity index (χ4n) is 3.42. The number of allylic oxidation sites excluding steroid dienone is 2. The van der Waals surface area contributed by atoms with Crippen LogP contribution in [0.3, 0.4) is 0 Å². The summed E-state index contributed by atoms with van der Waals surface area (Å²) in [7, 11) is 1.68. The topological polar surface area (TPSA) is 84.5 Å². The summed E-state index contributed by atoms with van der Waals surface area (Å²) in [5, 5.41) is 9.28. The summed E-state index contributed by atoms with van der Waals surface area (Å²) in [5.41, 5.74) is 9.55. The second kappa shape index (κ2) is 8.05. The Kier molecular flexibility index (Phi) is 5.81. The molecule has 0 unspecified atom stereocenters. The lowest BCUT2D eigenvalue weighted by Gasteiger charge is -2.35. The van der Waals surface area contributed by atoms with Gasteiger partial charge in [0, 0.05) is 32.2 Å². The Hall–Kier alpha value is -1.50. The predicted molar refractivity (Wildman–Crippen MR) is 94.6 cm³/mol. The lowest BCUT2D eigenvalue weighted by molar-refractivity contribution is 0.00150. The van der Waals surface area contributed by atoms with Gasteiger partial charge in [0.05, 0.1) is 18.4 Å². The first-order valence-corrected chi connectivity index (χ1v) is 8.91. The van der Waals surface area contributed by atoms with E-state index in [0.717, 1.165) is 49.6 Å². The number of methoxy groups -OCH3 is 1. The van der Waals surface area contributed by atoms with Gasteiger partial charge in [0.15, 0.2) is 0 Å². The van der Waals surface area contributed by atoms with Gasteiger partial charge in [-0.2, -0.15) is 0 Å². The van der Waals surface area contributed by atoms with Gasteiger partial charge in [0.25, 0.3) is 0 Å². The summed E-state index contributed by atoms with van der Waals surface area (Å²) in [4.78, 5) is 11.4. The second-order valence-electron chi connectivity index (χ2n) is 6.75. The maximum atomic E-state index is 9.28. The molecule has 6 heteroatoms. The minimum Gasteiger partial charge on any atom is -0.390 e. The first-order valence-electron chi connectivity index (χ1n) is 8.91. The number of hydrogen-bond donors (Lipinski definition) is 2. The Labute approximate surface area is 143 Å². The molecule has 2 aliphatic rings. The van der Waals surface area contributed by atoms with Crippen molar-refractivity contribution in [2.75, 3.05) is 39.1 Å². The summed E-state index contributed by atoms with van der Waals surface area (Å²) < 4.78 is 5.11. The van der Waals surface area contributed by atoms with E-state index in [4.69, 9.17) is 15.5 Å². The van der Waals surface area contributed by atoms with Gasteiger partial charge >= 0.3 is 0 Å². The molecular weight excluding hydrogens is 304 g/mol. The van der Waals surface area contributed by atoms with Crippen LogP contribution in [0.25, 0.3) is 5.57 Å². The van der Waals surface area contributed by atoms with Crippen molar-refractivity contribution >= 4 is 11.4 Å². The molecule has 1 saturated heterocycles. The van der Waals surface area contributed by atoms with E-state index in [-0.39, 0.29) is 6.10 Å². The molecule has 6 nitrogen and oxygen atoms in total. The van der Waals surface area contributed by atoms with Crippen molar-refractivity contribution in [2.24, 2.45) is 0 Å². The molecule has 24 heavy (non-hydrogen) atoms. The summed E-state index contributed by atoms with van der Waals surface area (Å²) in [5.74, 6) is 1.39. The zero-order valence-corrected chi connectivity index (χ0v) is 14.5. The highest BCUT2D eigenvalue weighted by Crippen LogP contribution is 2.32. The maximum Gasteiger partial charge on any atom is 0.133 e. The second-order valence-corrected chi connectivity index (χ2v) is 6.75. The Morgan fingerprint density at radius 1 is 1.25 bits per heavy atom. The number of hydrogen-bond acceptors (Lipinski definition) is 6. The van der Waals surface area contributed by atoms with E-state index in [1.54, 1.807) is 7.11 Å². The molecule has 0 saturated carbocycles. The number of nitrogen functional groups attached to an aromatic ring is 1. The molecule has 0 spiro atoms. The van der Waals surface area contributed by atoms with Crippen molar-refractivity contribution in [2.45, 2.75) is 44.6 Å². The molecule has 0 radical (unpaired) electrons. The van der Waals surface area contributed by atoms with Crippen LogP contribution in [0, 0.1) is 0 Å². The molecule has 3 rings (SSSR count). The molecule has 1 aromatic rings. The summed E-state index contributed by atoms with van der Waals surface area (Å²) >= 11 is 0. The van der Waals surface area contributed by atoms with Gasteiger partial charge in [0.1, 0.15) is 11.6 Å². The number of aliphatic hydroxyl groups is 1. The highest BCUT2D eigenvalue weighted by atomic mass is 16.5. The molecule has 0 bridgehead atoms. The molecule has 1 aliphatic heterocycles. The van der Waals surface area contributed by atoms with Crippen LogP contribution in [0.15, 0.2) is 6.08 Å². The van der Waals surface area contributed by atoms with Gasteiger partial charge in [0.2, 0.25) is 0 Å². The van der Waals surface area contributed by atoms with E-state index in [1.807, 2.05) is 0 Å². The van der Waals surface area contributed by atoms with Gasteiger partial charge in [-0.3, -0.25) is 4.90 Å². The molecule has 1 aromatic heterocycles. The minimum atomic E-state index is -0.0948. The fraction of sp³-hybridized carbons (Fsp3) is 0.667. The van der Waals surface area contributed by atoms with Crippen molar-refractivity contribution in [3.8, 4) is 0 Å². The monoisotopic (exact) mass is 332 g/mol. The largest absolute Gasteiger partial charge is 0.390 e. The fourth-order valence-corrected chi connectivity index (χ4v) is 3.42. The number of nitrogens with zero attached hydrogens (tertiary/aromatic N) is 3. The van der Waals surface area contributed by atoms with Crippen molar-refractivity contribution in [3.63, 3.8) is 0 Å². The van der Waals surface area contributed by atoms with Crippen LogP contribution in [-0.2, 0) is 17.6 Å². The van der Waals surface area contributed by atoms with Gasteiger partial charge in [-0.15, -0.1) is 0 Å². The van der Waals surface area contributed by atoms with Crippen LogP contribution in [-0.4, -0.2) is 59.4 Å². The van der Waals surface area contributed by atoms with E-state index in [9.17, 15) is 5.11 Å². The van der Waals surface area contributed by atoms with Crippen LogP contribution in [0.2, 0.25) is 0 Å². The lowest BCUT2D eigenvalue weighted by Crippen LogP contribution is -2.50. The van der Waals surface area contributed by atoms with Crippen molar-refractivity contribution < 1.29 is 9.84 Å². The number of aromatic nitrogens is 2. The number of fused-ring (bicyclic) bond motifs is 1. The zero-order chi connectivity index (χ0) is 16.9. The number of anilines is 1. The number of unbranched alkanes of at least 4 members (excludes halogenated alkanes) is 2. The van der Waals surface area contributed by atoms with E-state index >= 15 is 0 Å². The van der Waals surface area contributed by atoms with Crippen LogP contribution < -0.4 is 5.73 Å².